The van der Waals surface area contributed by atoms with Crippen molar-refractivity contribution in [2.24, 2.45) is 0 Å². The number of nitrogens with one attached hydrogen (secondary N) is 1. The molecule has 0 radical (unpaired) electrons. The molecule has 0 aliphatic heterocycles. The van der Waals surface area contributed by atoms with Gasteiger partial charge in [0.2, 0.25) is 0 Å². The molecule has 0 aliphatic rings. The molecule has 4 aromatic rings. The number of carbonyl (C=O) groups excluding carboxylic acids is 1. The predicted molar refractivity (Wildman–Crippen MR) is 115 cm³/mol. The highest BCUT2D eigenvalue weighted by atomic mass is 16.5. The van der Waals surface area contributed by atoms with Crippen LogP contribution in [0.5, 0.6) is 5.75 Å². The van der Waals surface area contributed by atoms with Crippen molar-refractivity contribution in [3.05, 3.63) is 84.1 Å². The van der Waals surface area contributed by atoms with Crippen molar-refractivity contribution in [2.45, 2.75) is 13.5 Å². The number of hydrogen-bond acceptors (Lipinski definition) is 3. The quantitative estimate of drug-likeness (QED) is 0.513. The first-order valence-corrected chi connectivity index (χ1v) is 9.66. The van der Waals surface area contributed by atoms with E-state index in [9.17, 15) is 4.79 Å². The zero-order valence-electron chi connectivity index (χ0n) is 16.6. The van der Waals surface area contributed by atoms with E-state index >= 15 is 0 Å². The molecule has 5 heteroatoms. The van der Waals surface area contributed by atoms with Gasteiger partial charge in [0.25, 0.3) is 5.91 Å². The van der Waals surface area contributed by atoms with Gasteiger partial charge in [0.05, 0.1) is 18.3 Å². The molecule has 0 saturated carbocycles. The average molecular weight is 385 g/mol. The molecule has 1 aromatic heterocycles. The van der Waals surface area contributed by atoms with Gasteiger partial charge < -0.3 is 9.64 Å². The number of benzene rings is 3. The molecule has 1 N–H and O–H groups in total. The maximum Gasteiger partial charge on any atom is 0.254 e. The van der Waals surface area contributed by atoms with Gasteiger partial charge in [-0.1, -0.05) is 48.5 Å². The van der Waals surface area contributed by atoms with Gasteiger partial charge in [0.1, 0.15) is 5.75 Å². The van der Waals surface area contributed by atoms with E-state index in [1.807, 2.05) is 80.7 Å². The fourth-order valence-electron chi connectivity index (χ4n) is 3.50. The van der Waals surface area contributed by atoms with Gasteiger partial charge in [-0.05, 0) is 36.2 Å². The number of fused-ring (bicyclic) bond motifs is 1. The van der Waals surface area contributed by atoms with Crippen molar-refractivity contribution in [2.75, 3.05) is 13.7 Å². The number of ether oxygens (including phenoxy) is 1. The Morgan fingerprint density at radius 3 is 2.69 bits per heavy atom. The molecular weight excluding hydrogens is 362 g/mol. The minimum atomic E-state index is -0.0536. The minimum absolute atomic E-state index is 0.0536. The first-order valence-electron chi connectivity index (χ1n) is 9.66. The Kier molecular flexibility index (Phi) is 5.29. The number of aromatic nitrogens is 2. The topological polar surface area (TPSA) is 58.2 Å². The van der Waals surface area contributed by atoms with Gasteiger partial charge in [-0.3, -0.25) is 9.89 Å². The number of hydrogen-bond donors (Lipinski definition) is 1. The number of rotatable bonds is 6. The molecule has 0 bridgehead atoms. The molecule has 29 heavy (non-hydrogen) atoms. The highest BCUT2D eigenvalue weighted by molar-refractivity contribution is 5.95. The summed E-state index contributed by atoms with van der Waals surface area (Å²) in [5, 5.41) is 8.15. The van der Waals surface area contributed by atoms with Gasteiger partial charge >= 0.3 is 0 Å². The molecule has 0 saturated heterocycles. The van der Waals surface area contributed by atoms with E-state index < -0.39 is 0 Å². The Morgan fingerprint density at radius 2 is 1.90 bits per heavy atom. The van der Waals surface area contributed by atoms with E-state index in [4.69, 9.17) is 4.74 Å². The second kappa shape index (κ2) is 8.19. The van der Waals surface area contributed by atoms with Crippen LogP contribution in [0.4, 0.5) is 0 Å². The Balaban J connectivity index is 1.61. The molecule has 0 atom stereocenters. The summed E-state index contributed by atoms with van der Waals surface area (Å²) < 4.78 is 5.84. The first kappa shape index (κ1) is 18.7. The summed E-state index contributed by atoms with van der Waals surface area (Å²) >= 11 is 0. The highest BCUT2D eigenvalue weighted by Gasteiger charge is 2.17. The van der Waals surface area contributed by atoms with Crippen LogP contribution < -0.4 is 4.74 Å². The largest absolute Gasteiger partial charge is 0.493 e. The van der Waals surface area contributed by atoms with Gasteiger partial charge in [0.15, 0.2) is 0 Å². The van der Waals surface area contributed by atoms with Crippen LogP contribution in [0.2, 0.25) is 0 Å². The molecule has 1 heterocycles. The van der Waals surface area contributed by atoms with Crippen LogP contribution in [-0.4, -0.2) is 34.7 Å². The third-order valence-electron chi connectivity index (χ3n) is 4.93. The first-order chi connectivity index (χ1) is 14.2. The van der Waals surface area contributed by atoms with E-state index in [2.05, 4.69) is 10.2 Å². The SMILES string of the molecule is CCOc1cc(C(=O)N(C)Cc2cccc3cn[nH]c23)ccc1-c1ccccc1. The maximum absolute atomic E-state index is 13.1. The molecule has 0 spiro atoms. The highest BCUT2D eigenvalue weighted by Crippen LogP contribution is 2.31. The van der Waals surface area contributed by atoms with Crippen LogP contribution in [0, 0.1) is 0 Å². The van der Waals surface area contributed by atoms with E-state index in [0.717, 1.165) is 27.6 Å². The number of nitrogens with zero attached hydrogens (tertiary/aromatic N) is 2. The third-order valence-corrected chi connectivity index (χ3v) is 4.93. The second-order valence-corrected chi connectivity index (χ2v) is 6.92. The number of aromatic amines is 1. The summed E-state index contributed by atoms with van der Waals surface area (Å²) in [6.45, 7) is 2.97. The molecule has 4 rings (SSSR count). The standard InChI is InChI=1S/C24H23N3O2/c1-3-29-22-14-18(12-13-21(22)17-8-5-4-6-9-17)24(28)27(2)16-20-11-7-10-19-15-25-26-23(19)20/h4-15H,3,16H2,1-2H3,(H,25,26). The molecule has 3 aromatic carbocycles. The van der Waals surface area contributed by atoms with Crippen LogP contribution in [-0.2, 0) is 6.54 Å². The number of H-pyrrole nitrogens is 1. The predicted octanol–water partition coefficient (Wildman–Crippen LogP) is 4.90. The average Bonchev–Trinajstić information content (AvgIpc) is 3.24. The lowest BCUT2D eigenvalue weighted by atomic mass is 10.0. The summed E-state index contributed by atoms with van der Waals surface area (Å²) in [5.74, 6) is 0.663. The van der Waals surface area contributed by atoms with Gasteiger partial charge in [0, 0.05) is 30.1 Å². The number of carbonyl (C=O) groups is 1. The Hall–Kier alpha value is -3.60. The lowest BCUT2D eigenvalue weighted by Gasteiger charge is -2.19. The Bertz CT molecular complexity index is 1140. The molecule has 1 amide bonds. The van der Waals surface area contributed by atoms with Crippen molar-refractivity contribution >= 4 is 16.8 Å². The number of amides is 1. The van der Waals surface area contributed by atoms with Crippen molar-refractivity contribution in [3.8, 4) is 16.9 Å². The Morgan fingerprint density at radius 1 is 1.07 bits per heavy atom. The summed E-state index contributed by atoms with van der Waals surface area (Å²) in [4.78, 5) is 14.8. The third kappa shape index (κ3) is 3.85. The normalized spacial score (nSPS) is 10.8. The zero-order valence-corrected chi connectivity index (χ0v) is 16.6. The smallest absolute Gasteiger partial charge is 0.254 e. The summed E-state index contributed by atoms with van der Waals surface area (Å²) in [7, 11) is 1.81. The number of para-hydroxylation sites is 1. The van der Waals surface area contributed by atoms with Gasteiger partial charge in [-0.25, -0.2) is 0 Å². The van der Waals surface area contributed by atoms with Crippen molar-refractivity contribution in [1.82, 2.24) is 15.1 Å². The minimum Gasteiger partial charge on any atom is -0.493 e. The molecule has 5 nitrogen and oxygen atoms in total. The lowest BCUT2D eigenvalue weighted by Crippen LogP contribution is -2.26. The molecular formula is C24H23N3O2. The molecule has 0 fully saturated rings. The molecule has 146 valence electrons. The van der Waals surface area contributed by atoms with Gasteiger partial charge in [-0.2, -0.15) is 5.10 Å². The zero-order chi connectivity index (χ0) is 20.2. The lowest BCUT2D eigenvalue weighted by molar-refractivity contribution is 0.0785. The van der Waals surface area contributed by atoms with Gasteiger partial charge in [-0.15, -0.1) is 0 Å². The van der Waals surface area contributed by atoms with Crippen LogP contribution in [0.1, 0.15) is 22.8 Å². The van der Waals surface area contributed by atoms with E-state index in [1.165, 1.54) is 0 Å². The van der Waals surface area contributed by atoms with Crippen LogP contribution in [0.3, 0.4) is 0 Å². The molecule has 0 aliphatic carbocycles. The Labute approximate surface area is 169 Å². The van der Waals surface area contributed by atoms with Crippen LogP contribution in [0.15, 0.2) is 72.9 Å². The fraction of sp³-hybridized carbons (Fsp3) is 0.167. The van der Waals surface area contributed by atoms with Crippen molar-refractivity contribution < 1.29 is 9.53 Å². The summed E-state index contributed by atoms with van der Waals surface area (Å²) in [6, 6.07) is 21.7. The second-order valence-electron chi connectivity index (χ2n) is 6.92. The molecule has 0 unspecified atom stereocenters. The summed E-state index contributed by atoms with van der Waals surface area (Å²) in [5.41, 5.74) is 4.64. The maximum atomic E-state index is 13.1. The summed E-state index contributed by atoms with van der Waals surface area (Å²) in [6.07, 6.45) is 1.79. The van der Waals surface area contributed by atoms with Crippen LogP contribution >= 0.6 is 0 Å². The monoisotopic (exact) mass is 385 g/mol. The van der Waals surface area contributed by atoms with E-state index in [0.29, 0.717) is 24.5 Å². The van der Waals surface area contributed by atoms with E-state index in [-0.39, 0.29) is 5.91 Å². The fourth-order valence-corrected chi connectivity index (χ4v) is 3.50. The van der Waals surface area contributed by atoms with Crippen molar-refractivity contribution in [3.63, 3.8) is 0 Å². The van der Waals surface area contributed by atoms with E-state index in [1.54, 1.807) is 11.1 Å². The van der Waals surface area contributed by atoms with Crippen LogP contribution in [0.25, 0.3) is 22.0 Å². The van der Waals surface area contributed by atoms with Crippen molar-refractivity contribution in [1.29, 1.82) is 0 Å².